The smallest absolute Gasteiger partial charge is 0.328 e. The van der Waals surface area contributed by atoms with Crippen LogP contribution in [-0.2, 0) is 0 Å². The molecule has 2 aliphatic heterocycles. The van der Waals surface area contributed by atoms with Gasteiger partial charge in [0.25, 0.3) is 0 Å². The van der Waals surface area contributed by atoms with Crippen LogP contribution in [0.5, 0.6) is 0 Å². The van der Waals surface area contributed by atoms with E-state index in [4.69, 9.17) is 4.98 Å². The predicted molar refractivity (Wildman–Crippen MR) is 124 cm³/mol. The van der Waals surface area contributed by atoms with E-state index in [2.05, 4.69) is 56.4 Å². The van der Waals surface area contributed by atoms with Gasteiger partial charge >= 0.3 is 6.03 Å². The molecule has 0 radical (unpaired) electrons. The van der Waals surface area contributed by atoms with Gasteiger partial charge in [-0.2, -0.15) is 0 Å². The highest BCUT2D eigenvalue weighted by Crippen LogP contribution is 2.30. The fraction of sp³-hybridized carbons (Fsp3) is 0.545. The Hall–Kier alpha value is -2.94. The Morgan fingerprint density at radius 3 is 2.77 bits per heavy atom. The maximum atomic E-state index is 13.1. The Bertz CT molecular complexity index is 875. The molecule has 0 bridgehead atoms. The Morgan fingerprint density at radius 1 is 1.06 bits per heavy atom. The van der Waals surface area contributed by atoms with Gasteiger partial charge in [-0.15, -0.1) is 0 Å². The topological polar surface area (TPSA) is 89.5 Å². The van der Waals surface area contributed by atoms with Crippen LogP contribution < -0.4 is 20.4 Å². The summed E-state index contributed by atoms with van der Waals surface area (Å²) in [6, 6.07) is 6.13. The van der Waals surface area contributed by atoms with Crippen molar-refractivity contribution >= 4 is 29.2 Å². The van der Waals surface area contributed by atoms with E-state index >= 15 is 0 Å². The van der Waals surface area contributed by atoms with E-state index in [0.29, 0.717) is 24.2 Å². The van der Waals surface area contributed by atoms with Crippen molar-refractivity contribution in [1.29, 1.82) is 0 Å². The highest BCUT2D eigenvalue weighted by Gasteiger charge is 2.25. The molecule has 9 heteroatoms. The number of aromatic nitrogens is 3. The van der Waals surface area contributed by atoms with Crippen LogP contribution >= 0.6 is 0 Å². The summed E-state index contributed by atoms with van der Waals surface area (Å²) in [5, 5.41) is 6.32. The van der Waals surface area contributed by atoms with Crippen molar-refractivity contribution in [3.63, 3.8) is 0 Å². The molecule has 0 aromatic carbocycles. The molecule has 2 aromatic heterocycles. The average molecular weight is 425 g/mol. The van der Waals surface area contributed by atoms with Gasteiger partial charge in [0, 0.05) is 51.5 Å². The fourth-order valence-electron chi connectivity index (χ4n) is 4.10. The van der Waals surface area contributed by atoms with Gasteiger partial charge in [-0.25, -0.2) is 19.7 Å². The van der Waals surface area contributed by atoms with Crippen LogP contribution in [0.1, 0.15) is 33.1 Å². The molecular formula is C22H32N8O. The van der Waals surface area contributed by atoms with Gasteiger partial charge in [0.1, 0.15) is 18.0 Å². The van der Waals surface area contributed by atoms with Crippen molar-refractivity contribution < 1.29 is 4.79 Å². The zero-order valence-electron chi connectivity index (χ0n) is 18.4. The molecule has 4 rings (SSSR count). The number of hydrogen-bond acceptors (Lipinski definition) is 7. The van der Waals surface area contributed by atoms with Crippen LogP contribution in [0.4, 0.5) is 27.9 Å². The van der Waals surface area contributed by atoms with Gasteiger partial charge in [-0.3, -0.25) is 15.1 Å². The Balaban J connectivity index is 1.58. The molecular weight excluding hydrogens is 392 g/mol. The van der Waals surface area contributed by atoms with Gasteiger partial charge in [-0.1, -0.05) is 0 Å². The van der Waals surface area contributed by atoms with Crippen LogP contribution in [0.15, 0.2) is 30.7 Å². The third-order valence-corrected chi connectivity index (χ3v) is 5.89. The van der Waals surface area contributed by atoms with E-state index in [9.17, 15) is 4.79 Å². The maximum absolute atomic E-state index is 13.1. The van der Waals surface area contributed by atoms with Crippen LogP contribution in [0.3, 0.4) is 0 Å². The minimum Gasteiger partial charge on any atom is -0.382 e. The van der Waals surface area contributed by atoms with Crippen LogP contribution in [0.25, 0.3) is 0 Å². The second kappa shape index (κ2) is 9.91. The van der Waals surface area contributed by atoms with Gasteiger partial charge in [-0.05, 0) is 51.3 Å². The third kappa shape index (κ3) is 5.22. The molecule has 2 aromatic rings. The zero-order valence-corrected chi connectivity index (χ0v) is 18.4. The molecule has 2 N–H and O–H groups in total. The lowest BCUT2D eigenvalue weighted by Crippen LogP contribution is -2.39. The van der Waals surface area contributed by atoms with E-state index in [1.165, 1.54) is 6.33 Å². The molecule has 0 atom stereocenters. The predicted octanol–water partition coefficient (Wildman–Crippen LogP) is 3.04. The minimum atomic E-state index is -0.227. The molecule has 0 aliphatic carbocycles. The summed E-state index contributed by atoms with van der Waals surface area (Å²) in [6.45, 7) is 10.0. The molecule has 0 spiro atoms. The first-order valence-corrected chi connectivity index (χ1v) is 11.2. The summed E-state index contributed by atoms with van der Waals surface area (Å²) < 4.78 is 0. The first-order chi connectivity index (χ1) is 15.1. The molecule has 1 fully saturated rings. The normalized spacial score (nSPS) is 17.9. The summed E-state index contributed by atoms with van der Waals surface area (Å²) in [5.41, 5.74) is 0.889. The Labute approximate surface area is 183 Å². The van der Waals surface area contributed by atoms with Gasteiger partial charge in [0.05, 0.1) is 5.69 Å². The molecule has 31 heavy (non-hydrogen) atoms. The summed E-state index contributed by atoms with van der Waals surface area (Å²) in [5.74, 6) is 2.08. The van der Waals surface area contributed by atoms with Crippen molar-refractivity contribution in [2.75, 3.05) is 59.7 Å². The molecule has 0 saturated carbocycles. The second-order valence-corrected chi connectivity index (χ2v) is 8.32. The number of hydrogen-bond donors (Lipinski definition) is 2. The number of nitrogens with one attached hydrogen (secondary N) is 2. The molecule has 2 aliphatic rings. The number of fused-ring (bicyclic) bond motifs is 1. The Morgan fingerprint density at radius 2 is 1.97 bits per heavy atom. The van der Waals surface area contributed by atoms with Crippen LogP contribution in [0, 0.1) is 0 Å². The van der Waals surface area contributed by atoms with Gasteiger partial charge in [0.15, 0.2) is 5.82 Å². The average Bonchev–Trinajstić information content (AvgIpc) is 3.01. The second-order valence-electron chi connectivity index (χ2n) is 8.32. The lowest BCUT2D eigenvalue weighted by Gasteiger charge is -2.29. The molecule has 2 amide bonds. The van der Waals surface area contributed by atoms with Crippen molar-refractivity contribution in [1.82, 2.24) is 19.9 Å². The zero-order chi connectivity index (χ0) is 21.6. The van der Waals surface area contributed by atoms with Crippen molar-refractivity contribution in [3.8, 4) is 0 Å². The lowest BCUT2D eigenvalue weighted by molar-refractivity contribution is 0.238. The highest BCUT2D eigenvalue weighted by molar-refractivity contribution is 6.02. The number of pyridine rings is 1. The molecule has 166 valence electrons. The number of carbonyl (C=O) groups excluding carboxylic acids is 1. The number of amides is 2. The monoisotopic (exact) mass is 424 g/mol. The molecule has 9 nitrogen and oxygen atoms in total. The Kier molecular flexibility index (Phi) is 6.81. The van der Waals surface area contributed by atoms with Crippen LogP contribution in [0.2, 0.25) is 0 Å². The summed E-state index contributed by atoms with van der Waals surface area (Å²) in [4.78, 5) is 32.7. The minimum absolute atomic E-state index is 0.227. The standard InChI is InChI=1S/C22H32N8O/c1-17(2)28-11-5-12-29(15-14-28)20-7-6-18-21(27-20)30(13-4-3-9-24-18)22(31)26-19-8-10-23-16-25-19/h6-8,10,16-17,24H,3-5,9,11-15H2,1-2H3,(H,23,25,26,31). The number of urea groups is 1. The van der Waals surface area contributed by atoms with E-state index in [-0.39, 0.29) is 6.03 Å². The van der Waals surface area contributed by atoms with Crippen molar-refractivity contribution in [2.24, 2.45) is 0 Å². The van der Waals surface area contributed by atoms with E-state index in [1.54, 1.807) is 17.2 Å². The number of carbonyl (C=O) groups is 1. The summed E-state index contributed by atoms with van der Waals surface area (Å²) in [7, 11) is 0. The maximum Gasteiger partial charge on any atom is 0.328 e. The van der Waals surface area contributed by atoms with Crippen molar-refractivity contribution in [3.05, 3.63) is 30.7 Å². The first-order valence-electron chi connectivity index (χ1n) is 11.2. The quantitative estimate of drug-likeness (QED) is 0.783. The SMILES string of the molecule is CC(C)N1CCCN(c2ccc3c(n2)N(C(=O)Nc2ccncn2)CCCCN3)CC1. The third-order valence-electron chi connectivity index (χ3n) is 5.89. The fourth-order valence-corrected chi connectivity index (χ4v) is 4.10. The van der Waals surface area contributed by atoms with Gasteiger partial charge < -0.3 is 10.2 Å². The molecule has 1 saturated heterocycles. The summed E-state index contributed by atoms with van der Waals surface area (Å²) >= 11 is 0. The highest BCUT2D eigenvalue weighted by atomic mass is 16.2. The van der Waals surface area contributed by atoms with Crippen LogP contribution in [-0.4, -0.2) is 71.2 Å². The first kappa shape index (κ1) is 21.3. The molecule has 4 heterocycles. The largest absolute Gasteiger partial charge is 0.382 e. The number of anilines is 4. The molecule has 0 unspecified atom stereocenters. The van der Waals surface area contributed by atoms with E-state index < -0.39 is 0 Å². The van der Waals surface area contributed by atoms with E-state index in [1.807, 2.05) is 0 Å². The lowest BCUT2D eigenvalue weighted by atomic mass is 10.2. The number of rotatable bonds is 3. The van der Waals surface area contributed by atoms with Crippen molar-refractivity contribution in [2.45, 2.75) is 39.2 Å². The van der Waals surface area contributed by atoms with Gasteiger partial charge in [0.2, 0.25) is 0 Å². The summed E-state index contributed by atoms with van der Waals surface area (Å²) in [6.07, 6.45) is 6.04. The number of nitrogens with zero attached hydrogens (tertiary/aromatic N) is 6. The van der Waals surface area contributed by atoms with E-state index in [0.717, 1.165) is 63.5 Å².